The molecule has 1 aromatic carbocycles. The highest BCUT2D eigenvalue weighted by Gasteiger charge is 2.21. The number of hydrogen-bond donors (Lipinski definition) is 3. The van der Waals surface area contributed by atoms with Crippen LogP contribution < -0.4 is 5.73 Å². The highest BCUT2D eigenvalue weighted by Crippen LogP contribution is 2.32. The summed E-state index contributed by atoms with van der Waals surface area (Å²) >= 11 is 5.95. The molecule has 0 fully saturated rings. The second-order valence-electron chi connectivity index (χ2n) is 5.22. The summed E-state index contributed by atoms with van der Waals surface area (Å²) in [4.78, 5) is 0. The molecule has 1 rings (SSSR count). The maximum absolute atomic E-state index is 10.0. The van der Waals surface area contributed by atoms with Crippen molar-refractivity contribution in [3.8, 4) is 5.75 Å². The summed E-state index contributed by atoms with van der Waals surface area (Å²) in [6, 6.07) is 2.68. The van der Waals surface area contributed by atoms with Gasteiger partial charge < -0.3 is 15.9 Å². The zero-order valence-electron chi connectivity index (χ0n) is 11.2. The minimum absolute atomic E-state index is 0.121. The van der Waals surface area contributed by atoms with Crippen molar-refractivity contribution in [2.45, 2.75) is 45.8 Å². The monoisotopic (exact) mass is 271 g/mol. The molecule has 0 aliphatic heterocycles. The number of rotatable bonds is 5. The number of aliphatic hydroxyl groups excluding tert-OH is 1. The zero-order valence-corrected chi connectivity index (χ0v) is 11.9. The Bertz CT molecular complexity index is 407. The summed E-state index contributed by atoms with van der Waals surface area (Å²) in [6.45, 7) is 5.95. The van der Waals surface area contributed by atoms with E-state index in [4.69, 9.17) is 17.3 Å². The molecule has 3 nitrogen and oxygen atoms in total. The van der Waals surface area contributed by atoms with Gasteiger partial charge in [-0.15, -0.1) is 0 Å². The Morgan fingerprint density at radius 2 is 1.89 bits per heavy atom. The van der Waals surface area contributed by atoms with Crippen molar-refractivity contribution in [3.05, 3.63) is 28.3 Å². The number of nitrogens with two attached hydrogens (primary N) is 1. The molecule has 0 unspecified atom stereocenters. The number of aryl methyl sites for hydroxylation is 1. The molecule has 0 amide bonds. The van der Waals surface area contributed by atoms with Gasteiger partial charge in [0.15, 0.2) is 0 Å². The van der Waals surface area contributed by atoms with Crippen molar-refractivity contribution in [2.75, 3.05) is 0 Å². The van der Waals surface area contributed by atoms with Crippen LogP contribution in [-0.2, 0) is 0 Å². The molecule has 102 valence electrons. The maximum Gasteiger partial charge on any atom is 0.123 e. The van der Waals surface area contributed by atoms with Crippen molar-refractivity contribution >= 4 is 11.6 Å². The molecule has 0 aromatic heterocycles. The van der Waals surface area contributed by atoms with Gasteiger partial charge in [0, 0.05) is 10.6 Å². The number of phenolic OH excluding ortho intramolecular Hbond substituents is 1. The molecule has 2 atom stereocenters. The van der Waals surface area contributed by atoms with Gasteiger partial charge in [0.1, 0.15) is 5.75 Å². The Hall–Kier alpha value is -0.770. The van der Waals surface area contributed by atoms with E-state index < -0.39 is 12.1 Å². The summed E-state index contributed by atoms with van der Waals surface area (Å²) in [5.74, 6) is 0.636. The molecule has 0 heterocycles. The van der Waals surface area contributed by atoms with E-state index in [1.165, 1.54) is 0 Å². The van der Waals surface area contributed by atoms with E-state index >= 15 is 0 Å². The standard InChI is InChI=1S/C14H22ClNO2/c1-8(2)4-5-12(17)13(16)11-7-10(15)6-9(3)14(11)18/h6-8,12-13,17-18H,4-5,16H2,1-3H3/t12-,13+/m0/s1. The van der Waals surface area contributed by atoms with Gasteiger partial charge in [-0.05, 0) is 43.4 Å². The summed E-state index contributed by atoms with van der Waals surface area (Å²) < 4.78 is 0. The molecule has 4 heteroatoms. The van der Waals surface area contributed by atoms with Gasteiger partial charge in [-0.2, -0.15) is 0 Å². The fourth-order valence-electron chi connectivity index (χ4n) is 1.91. The first-order valence-corrected chi connectivity index (χ1v) is 6.63. The highest BCUT2D eigenvalue weighted by atomic mass is 35.5. The number of aromatic hydroxyl groups is 1. The molecule has 0 bridgehead atoms. The lowest BCUT2D eigenvalue weighted by Gasteiger charge is -2.21. The van der Waals surface area contributed by atoms with Gasteiger partial charge in [-0.3, -0.25) is 0 Å². The molecule has 0 radical (unpaired) electrons. The minimum Gasteiger partial charge on any atom is -0.507 e. The largest absolute Gasteiger partial charge is 0.507 e. The molecular formula is C14H22ClNO2. The van der Waals surface area contributed by atoms with E-state index in [-0.39, 0.29) is 5.75 Å². The number of hydrogen-bond acceptors (Lipinski definition) is 3. The van der Waals surface area contributed by atoms with Gasteiger partial charge in [0.2, 0.25) is 0 Å². The lowest BCUT2D eigenvalue weighted by atomic mass is 9.94. The van der Waals surface area contributed by atoms with Gasteiger partial charge in [-0.1, -0.05) is 25.4 Å². The van der Waals surface area contributed by atoms with Crippen LogP contribution >= 0.6 is 11.6 Å². The Labute approximate surface area is 114 Å². The lowest BCUT2D eigenvalue weighted by Crippen LogP contribution is -2.26. The summed E-state index contributed by atoms with van der Waals surface area (Å²) in [6.07, 6.45) is 0.843. The van der Waals surface area contributed by atoms with Crippen molar-refractivity contribution < 1.29 is 10.2 Å². The molecular weight excluding hydrogens is 250 g/mol. The Morgan fingerprint density at radius 3 is 2.44 bits per heavy atom. The van der Waals surface area contributed by atoms with Crippen LogP contribution in [0.3, 0.4) is 0 Å². The van der Waals surface area contributed by atoms with Crippen LogP contribution in [0.2, 0.25) is 5.02 Å². The molecule has 0 aliphatic rings. The molecule has 4 N–H and O–H groups in total. The first-order chi connectivity index (χ1) is 8.32. The SMILES string of the molecule is Cc1cc(Cl)cc([C@@H](N)[C@@H](O)CCC(C)C)c1O. The van der Waals surface area contributed by atoms with Crippen LogP contribution in [-0.4, -0.2) is 16.3 Å². The number of phenols is 1. The topological polar surface area (TPSA) is 66.5 Å². The van der Waals surface area contributed by atoms with E-state index in [9.17, 15) is 10.2 Å². The third-order valence-corrected chi connectivity index (χ3v) is 3.33. The van der Waals surface area contributed by atoms with Crippen molar-refractivity contribution in [2.24, 2.45) is 11.7 Å². The normalized spacial score (nSPS) is 14.8. The van der Waals surface area contributed by atoms with Gasteiger partial charge >= 0.3 is 0 Å². The summed E-state index contributed by atoms with van der Waals surface area (Å²) in [5, 5.41) is 20.5. The van der Waals surface area contributed by atoms with E-state index in [1.807, 2.05) is 0 Å². The average molecular weight is 272 g/mol. The van der Waals surface area contributed by atoms with Crippen LogP contribution in [0.1, 0.15) is 43.9 Å². The number of aliphatic hydroxyl groups is 1. The van der Waals surface area contributed by atoms with Crippen LogP contribution in [0.5, 0.6) is 5.75 Å². The van der Waals surface area contributed by atoms with Crippen LogP contribution in [0.15, 0.2) is 12.1 Å². The predicted molar refractivity (Wildman–Crippen MR) is 74.9 cm³/mol. The molecule has 1 aromatic rings. The average Bonchev–Trinajstić information content (AvgIpc) is 2.29. The Morgan fingerprint density at radius 1 is 1.28 bits per heavy atom. The minimum atomic E-state index is -0.670. The number of benzene rings is 1. The summed E-state index contributed by atoms with van der Waals surface area (Å²) in [7, 11) is 0. The first kappa shape index (κ1) is 15.3. The van der Waals surface area contributed by atoms with Gasteiger partial charge in [-0.25, -0.2) is 0 Å². The quantitative estimate of drug-likeness (QED) is 0.771. The first-order valence-electron chi connectivity index (χ1n) is 6.25. The zero-order chi connectivity index (χ0) is 13.9. The smallest absolute Gasteiger partial charge is 0.123 e. The number of halogens is 1. The third kappa shape index (κ3) is 3.87. The molecule has 0 spiro atoms. The molecule has 0 saturated heterocycles. The van der Waals surface area contributed by atoms with E-state index in [2.05, 4.69) is 13.8 Å². The molecule has 18 heavy (non-hydrogen) atoms. The Balaban J connectivity index is 2.86. The second kappa shape index (κ2) is 6.41. The van der Waals surface area contributed by atoms with Crippen LogP contribution in [0, 0.1) is 12.8 Å². The predicted octanol–water partition coefficient (Wildman–Crippen LogP) is 3.15. The van der Waals surface area contributed by atoms with E-state index in [0.29, 0.717) is 28.5 Å². The second-order valence-corrected chi connectivity index (χ2v) is 5.66. The highest BCUT2D eigenvalue weighted by molar-refractivity contribution is 6.30. The van der Waals surface area contributed by atoms with Gasteiger partial charge in [0.25, 0.3) is 0 Å². The van der Waals surface area contributed by atoms with Gasteiger partial charge in [0.05, 0.1) is 12.1 Å². The third-order valence-electron chi connectivity index (χ3n) is 3.11. The van der Waals surface area contributed by atoms with Crippen LogP contribution in [0.25, 0.3) is 0 Å². The Kier molecular flexibility index (Phi) is 5.45. The fourth-order valence-corrected chi connectivity index (χ4v) is 2.19. The van der Waals surface area contributed by atoms with E-state index in [0.717, 1.165) is 6.42 Å². The van der Waals surface area contributed by atoms with Crippen molar-refractivity contribution in [3.63, 3.8) is 0 Å². The van der Waals surface area contributed by atoms with Crippen LogP contribution in [0.4, 0.5) is 0 Å². The van der Waals surface area contributed by atoms with Crippen molar-refractivity contribution in [1.29, 1.82) is 0 Å². The summed E-state index contributed by atoms with van der Waals surface area (Å²) in [5.41, 5.74) is 7.18. The molecule has 0 saturated carbocycles. The van der Waals surface area contributed by atoms with E-state index in [1.54, 1.807) is 19.1 Å². The molecule has 0 aliphatic carbocycles. The fraction of sp³-hybridized carbons (Fsp3) is 0.571. The maximum atomic E-state index is 10.0. The lowest BCUT2D eigenvalue weighted by molar-refractivity contribution is 0.127. The van der Waals surface area contributed by atoms with Crippen molar-refractivity contribution in [1.82, 2.24) is 0 Å².